The van der Waals surface area contributed by atoms with Gasteiger partial charge in [-0.1, -0.05) is 27.2 Å². The summed E-state index contributed by atoms with van der Waals surface area (Å²) in [6.07, 6.45) is 4.13. The Labute approximate surface area is 95.4 Å². The molecule has 0 amide bonds. The minimum absolute atomic E-state index is 0.707. The Bertz CT molecular complexity index is 162. The van der Waals surface area contributed by atoms with Gasteiger partial charge in [0.25, 0.3) is 0 Å². The number of rotatable bonds is 5. The predicted molar refractivity (Wildman–Crippen MR) is 67.2 cm³/mol. The van der Waals surface area contributed by atoms with Gasteiger partial charge in [0.1, 0.15) is 0 Å². The maximum absolute atomic E-state index is 3.64. The summed E-state index contributed by atoms with van der Waals surface area (Å²) in [5.41, 5.74) is 0. The molecule has 0 aromatic carbocycles. The zero-order valence-corrected chi connectivity index (χ0v) is 10.9. The average molecular weight is 212 g/mol. The van der Waals surface area contributed by atoms with Gasteiger partial charge < -0.3 is 5.32 Å². The lowest BCUT2D eigenvalue weighted by Gasteiger charge is -2.35. The maximum atomic E-state index is 3.64. The smallest absolute Gasteiger partial charge is 0.0195 e. The van der Waals surface area contributed by atoms with Crippen molar-refractivity contribution in [2.45, 2.75) is 59.0 Å². The van der Waals surface area contributed by atoms with Gasteiger partial charge >= 0.3 is 0 Å². The van der Waals surface area contributed by atoms with Crippen molar-refractivity contribution in [1.29, 1.82) is 0 Å². The third-order valence-corrected chi connectivity index (χ3v) is 3.81. The first-order valence-corrected chi connectivity index (χ1v) is 6.62. The summed E-state index contributed by atoms with van der Waals surface area (Å²) in [7, 11) is 0. The van der Waals surface area contributed by atoms with Gasteiger partial charge in [-0.2, -0.15) is 0 Å². The summed E-state index contributed by atoms with van der Waals surface area (Å²) < 4.78 is 0. The summed E-state index contributed by atoms with van der Waals surface area (Å²) >= 11 is 0. The molecule has 90 valence electrons. The second-order valence-corrected chi connectivity index (χ2v) is 5.22. The highest BCUT2D eigenvalue weighted by Crippen LogP contribution is 2.14. The molecule has 2 unspecified atom stereocenters. The molecule has 1 rings (SSSR count). The molecule has 1 heterocycles. The van der Waals surface area contributed by atoms with Crippen LogP contribution in [0.3, 0.4) is 0 Å². The second-order valence-electron chi connectivity index (χ2n) is 5.22. The highest BCUT2D eigenvalue weighted by Gasteiger charge is 2.20. The number of hydrogen-bond acceptors (Lipinski definition) is 2. The lowest BCUT2D eigenvalue weighted by Crippen LogP contribution is -2.47. The van der Waals surface area contributed by atoms with Gasteiger partial charge in [0.15, 0.2) is 0 Å². The van der Waals surface area contributed by atoms with Crippen molar-refractivity contribution in [3.05, 3.63) is 0 Å². The first kappa shape index (κ1) is 13.0. The zero-order valence-electron chi connectivity index (χ0n) is 10.9. The molecule has 1 aliphatic heterocycles. The van der Waals surface area contributed by atoms with E-state index in [1.165, 1.54) is 38.9 Å². The molecular formula is C13H28N2. The van der Waals surface area contributed by atoms with Crippen molar-refractivity contribution in [1.82, 2.24) is 10.2 Å². The van der Waals surface area contributed by atoms with Crippen LogP contribution >= 0.6 is 0 Å². The van der Waals surface area contributed by atoms with Gasteiger partial charge in [-0.25, -0.2) is 0 Å². The monoisotopic (exact) mass is 212 g/mol. The molecule has 2 heteroatoms. The molecule has 0 spiro atoms. The van der Waals surface area contributed by atoms with Crippen LogP contribution in [0.1, 0.15) is 47.0 Å². The third kappa shape index (κ3) is 4.12. The van der Waals surface area contributed by atoms with Crippen LogP contribution in [0.2, 0.25) is 0 Å². The fourth-order valence-electron chi connectivity index (χ4n) is 2.37. The molecule has 15 heavy (non-hydrogen) atoms. The Morgan fingerprint density at radius 1 is 1.27 bits per heavy atom. The summed E-state index contributed by atoms with van der Waals surface area (Å²) in [4.78, 5) is 2.62. The lowest BCUT2D eigenvalue weighted by molar-refractivity contribution is 0.151. The summed E-state index contributed by atoms with van der Waals surface area (Å²) in [5.74, 6) is 0.758. The van der Waals surface area contributed by atoms with E-state index in [1.54, 1.807) is 0 Å². The van der Waals surface area contributed by atoms with Gasteiger partial charge in [0, 0.05) is 18.6 Å². The molecule has 1 aliphatic rings. The number of likely N-dealkylation sites (N-methyl/N-ethyl adjacent to an activating group) is 1. The predicted octanol–water partition coefficient (Wildman–Crippen LogP) is 2.49. The van der Waals surface area contributed by atoms with Crippen molar-refractivity contribution in [2.24, 2.45) is 5.92 Å². The Morgan fingerprint density at radius 2 is 2.00 bits per heavy atom. The molecule has 0 bridgehead atoms. The Hall–Kier alpha value is -0.0800. The molecule has 0 radical (unpaired) electrons. The third-order valence-electron chi connectivity index (χ3n) is 3.81. The van der Waals surface area contributed by atoms with Crippen LogP contribution in [0.4, 0.5) is 0 Å². The van der Waals surface area contributed by atoms with E-state index in [1.807, 2.05) is 0 Å². The fourth-order valence-corrected chi connectivity index (χ4v) is 2.37. The van der Waals surface area contributed by atoms with E-state index >= 15 is 0 Å². The molecular weight excluding hydrogens is 184 g/mol. The highest BCUT2D eigenvalue weighted by atomic mass is 15.2. The van der Waals surface area contributed by atoms with E-state index in [-0.39, 0.29) is 0 Å². The van der Waals surface area contributed by atoms with E-state index in [0.29, 0.717) is 6.04 Å². The van der Waals surface area contributed by atoms with Gasteiger partial charge in [-0.05, 0) is 38.8 Å². The molecule has 0 saturated carbocycles. The van der Waals surface area contributed by atoms with Crippen molar-refractivity contribution < 1.29 is 0 Å². The van der Waals surface area contributed by atoms with Crippen LogP contribution in [-0.2, 0) is 0 Å². The molecule has 1 fully saturated rings. The molecule has 0 aromatic heterocycles. The minimum atomic E-state index is 0.707. The molecule has 1 N–H and O–H groups in total. The first-order valence-electron chi connectivity index (χ1n) is 6.62. The van der Waals surface area contributed by atoms with Gasteiger partial charge in [0.2, 0.25) is 0 Å². The first-order chi connectivity index (χ1) is 7.15. The summed E-state index contributed by atoms with van der Waals surface area (Å²) in [6, 6.07) is 1.44. The fraction of sp³-hybridized carbons (Fsp3) is 1.00. The second kappa shape index (κ2) is 6.49. The van der Waals surface area contributed by atoms with Gasteiger partial charge in [-0.3, -0.25) is 4.90 Å². The molecule has 1 saturated heterocycles. The Kier molecular flexibility index (Phi) is 5.62. The van der Waals surface area contributed by atoms with E-state index < -0.39 is 0 Å². The van der Waals surface area contributed by atoms with Crippen LogP contribution < -0.4 is 5.32 Å². The maximum Gasteiger partial charge on any atom is 0.0195 e. The zero-order chi connectivity index (χ0) is 11.3. The Morgan fingerprint density at radius 3 is 2.47 bits per heavy atom. The van der Waals surface area contributed by atoms with Crippen LogP contribution in [0.5, 0.6) is 0 Å². The van der Waals surface area contributed by atoms with E-state index in [0.717, 1.165) is 12.0 Å². The largest absolute Gasteiger partial charge is 0.313 e. The molecule has 2 atom stereocenters. The van der Waals surface area contributed by atoms with Gasteiger partial charge in [0.05, 0.1) is 0 Å². The SMILES string of the molecule is CCN(CC1CCCCN1)C(C)C(C)C. The highest BCUT2D eigenvalue weighted by molar-refractivity contribution is 4.79. The van der Waals surface area contributed by atoms with Crippen LogP contribution in [0, 0.1) is 5.92 Å². The average Bonchev–Trinajstić information content (AvgIpc) is 2.26. The minimum Gasteiger partial charge on any atom is -0.313 e. The topological polar surface area (TPSA) is 15.3 Å². The van der Waals surface area contributed by atoms with Crippen molar-refractivity contribution >= 4 is 0 Å². The van der Waals surface area contributed by atoms with E-state index in [4.69, 9.17) is 0 Å². The normalized spacial score (nSPS) is 24.8. The molecule has 2 nitrogen and oxygen atoms in total. The van der Waals surface area contributed by atoms with Gasteiger partial charge in [-0.15, -0.1) is 0 Å². The number of nitrogens with one attached hydrogen (secondary N) is 1. The summed E-state index contributed by atoms with van der Waals surface area (Å²) in [5, 5.41) is 3.64. The van der Waals surface area contributed by atoms with Crippen LogP contribution in [0.15, 0.2) is 0 Å². The number of nitrogens with zero attached hydrogens (tertiary/aromatic N) is 1. The lowest BCUT2D eigenvalue weighted by atomic mass is 10.0. The molecule has 0 aromatic rings. The van der Waals surface area contributed by atoms with E-state index in [9.17, 15) is 0 Å². The van der Waals surface area contributed by atoms with Crippen molar-refractivity contribution in [3.8, 4) is 0 Å². The molecule has 0 aliphatic carbocycles. The summed E-state index contributed by atoms with van der Waals surface area (Å²) in [6.45, 7) is 12.9. The quantitative estimate of drug-likeness (QED) is 0.753. The van der Waals surface area contributed by atoms with Crippen molar-refractivity contribution in [2.75, 3.05) is 19.6 Å². The number of hydrogen-bond donors (Lipinski definition) is 1. The standard InChI is InChI=1S/C13H28N2/c1-5-15(12(4)11(2)3)10-13-8-6-7-9-14-13/h11-14H,5-10H2,1-4H3. The van der Waals surface area contributed by atoms with Crippen LogP contribution in [0.25, 0.3) is 0 Å². The van der Waals surface area contributed by atoms with E-state index in [2.05, 4.69) is 37.9 Å². The number of piperidine rings is 1. The Balaban J connectivity index is 2.37. The van der Waals surface area contributed by atoms with Crippen molar-refractivity contribution in [3.63, 3.8) is 0 Å². The van der Waals surface area contributed by atoms with Crippen LogP contribution in [-0.4, -0.2) is 36.6 Å².